The number of hydrogen-bond acceptors (Lipinski definition) is 3. The molecule has 1 heterocycles. The fourth-order valence-electron chi connectivity index (χ4n) is 2.09. The Balaban J connectivity index is 1.70. The van der Waals surface area contributed by atoms with Crippen molar-refractivity contribution in [2.45, 2.75) is 51.6 Å². The van der Waals surface area contributed by atoms with Gasteiger partial charge in [0.1, 0.15) is 0 Å². The number of hydrogen-bond donors (Lipinski definition) is 2. The van der Waals surface area contributed by atoms with Crippen LogP contribution in [0.4, 0.5) is 0 Å². The number of nitrogens with one attached hydrogen (secondary N) is 2. The van der Waals surface area contributed by atoms with Gasteiger partial charge in [-0.05, 0) is 38.0 Å². The number of ether oxygens (including phenoxy) is 1. The van der Waals surface area contributed by atoms with Gasteiger partial charge in [0, 0.05) is 25.8 Å². The monoisotopic (exact) mass is 240 g/mol. The van der Waals surface area contributed by atoms with Gasteiger partial charge in [-0.25, -0.2) is 0 Å². The second-order valence-electron chi connectivity index (χ2n) is 5.81. The lowest BCUT2D eigenvalue weighted by Gasteiger charge is -2.34. The summed E-state index contributed by atoms with van der Waals surface area (Å²) in [6.07, 6.45) is 4.45. The summed E-state index contributed by atoms with van der Waals surface area (Å²) in [6.45, 7) is 6.81. The van der Waals surface area contributed by atoms with E-state index in [-0.39, 0.29) is 17.4 Å². The topological polar surface area (TPSA) is 50.4 Å². The Morgan fingerprint density at radius 3 is 2.65 bits per heavy atom. The van der Waals surface area contributed by atoms with Gasteiger partial charge >= 0.3 is 0 Å². The normalized spacial score (nSPS) is 25.3. The van der Waals surface area contributed by atoms with E-state index < -0.39 is 0 Å². The van der Waals surface area contributed by atoms with Crippen molar-refractivity contribution in [1.82, 2.24) is 10.6 Å². The molecule has 1 unspecified atom stereocenters. The number of carbonyl (C=O) groups is 1. The van der Waals surface area contributed by atoms with E-state index in [0.29, 0.717) is 6.04 Å². The molecule has 98 valence electrons. The molecule has 4 heteroatoms. The van der Waals surface area contributed by atoms with Crippen LogP contribution in [0.15, 0.2) is 0 Å². The van der Waals surface area contributed by atoms with E-state index in [1.54, 1.807) is 0 Å². The van der Waals surface area contributed by atoms with Gasteiger partial charge in [0.25, 0.3) is 0 Å². The Kier molecular flexibility index (Phi) is 4.05. The second-order valence-corrected chi connectivity index (χ2v) is 5.81. The van der Waals surface area contributed by atoms with Crippen molar-refractivity contribution in [3.05, 3.63) is 0 Å². The minimum absolute atomic E-state index is 0.0877. The molecule has 2 aliphatic rings. The third-order valence-corrected chi connectivity index (χ3v) is 3.85. The predicted molar refractivity (Wildman–Crippen MR) is 66.8 cm³/mol. The summed E-state index contributed by atoms with van der Waals surface area (Å²) in [5, 5.41) is 6.39. The molecule has 1 saturated carbocycles. The van der Waals surface area contributed by atoms with Gasteiger partial charge in [0.2, 0.25) is 5.91 Å². The van der Waals surface area contributed by atoms with Crippen LogP contribution in [-0.4, -0.2) is 37.7 Å². The SMILES string of the molecule is CC(NCC1(C)CCOCC1)C(=O)NC1CC1. The molecular weight excluding hydrogens is 216 g/mol. The highest BCUT2D eigenvalue weighted by Crippen LogP contribution is 2.28. The van der Waals surface area contributed by atoms with E-state index in [1.165, 1.54) is 0 Å². The Bertz CT molecular complexity index is 271. The quantitative estimate of drug-likeness (QED) is 0.755. The Labute approximate surface area is 103 Å². The Hall–Kier alpha value is -0.610. The molecule has 0 aromatic carbocycles. The highest BCUT2D eigenvalue weighted by molar-refractivity contribution is 5.81. The molecule has 4 nitrogen and oxygen atoms in total. The first-order chi connectivity index (χ1) is 8.09. The summed E-state index contributed by atoms with van der Waals surface area (Å²) in [7, 11) is 0. The lowest BCUT2D eigenvalue weighted by Crippen LogP contribution is -2.47. The van der Waals surface area contributed by atoms with E-state index in [9.17, 15) is 4.79 Å². The van der Waals surface area contributed by atoms with Crippen LogP contribution in [0.5, 0.6) is 0 Å². The van der Waals surface area contributed by atoms with Crippen LogP contribution >= 0.6 is 0 Å². The number of carbonyl (C=O) groups excluding carboxylic acids is 1. The smallest absolute Gasteiger partial charge is 0.237 e. The van der Waals surface area contributed by atoms with Crippen molar-refractivity contribution in [3.8, 4) is 0 Å². The standard InChI is InChI=1S/C13H24N2O2/c1-10(12(16)15-11-3-4-11)14-9-13(2)5-7-17-8-6-13/h10-11,14H,3-9H2,1-2H3,(H,15,16). The van der Waals surface area contributed by atoms with Crippen LogP contribution < -0.4 is 10.6 Å². The predicted octanol–water partition coefficient (Wildman–Crippen LogP) is 1.06. The second kappa shape index (κ2) is 5.36. The van der Waals surface area contributed by atoms with Crippen LogP contribution in [0, 0.1) is 5.41 Å². The first kappa shape index (κ1) is 12.8. The zero-order valence-corrected chi connectivity index (χ0v) is 10.9. The molecule has 0 spiro atoms. The summed E-state index contributed by atoms with van der Waals surface area (Å²) in [4.78, 5) is 11.8. The molecule has 0 radical (unpaired) electrons. The third kappa shape index (κ3) is 3.96. The fourth-order valence-corrected chi connectivity index (χ4v) is 2.09. The molecule has 1 saturated heterocycles. The van der Waals surface area contributed by atoms with Crippen LogP contribution in [0.2, 0.25) is 0 Å². The average Bonchev–Trinajstić information content (AvgIpc) is 3.11. The molecule has 1 aliphatic carbocycles. The third-order valence-electron chi connectivity index (χ3n) is 3.85. The summed E-state index contributed by atoms with van der Waals surface area (Å²) in [5.74, 6) is 0.142. The molecule has 1 aliphatic heterocycles. The Morgan fingerprint density at radius 1 is 1.41 bits per heavy atom. The molecule has 2 N–H and O–H groups in total. The lowest BCUT2D eigenvalue weighted by atomic mass is 9.82. The highest BCUT2D eigenvalue weighted by Gasteiger charge is 2.29. The molecule has 1 amide bonds. The molecule has 0 aromatic heterocycles. The van der Waals surface area contributed by atoms with Gasteiger partial charge in [-0.15, -0.1) is 0 Å². The Morgan fingerprint density at radius 2 is 2.06 bits per heavy atom. The van der Waals surface area contributed by atoms with Crippen molar-refractivity contribution in [2.24, 2.45) is 5.41 Å². The molecule has 0 bridgehead atoms. The van der Waals surface area contributed by atoms with Crippen LogP contribution in [0.3, 0.4) is 0 Å². The van der Waals surface area contributed by atoms with Crippen molar-refractivity contribution in [2.75, 3.05) is 19.8 Å². The van der Waals surface area contributed by atoms with Gasteiger partial charge in [0.05, 0.1) is 6.04 Å². The van der Waals surface area contributed by atoms with Gasteiger partial charge in [-0.3, -0.25) is 4.79 Å². The molecule has 2 fully saturated rings. The van der Waals surface area contributed by atoms with E-state index in [2.05, 4.69) is 17.6 Å². The minimum atomic E-state index is -0.0877. The largest absolute Gasteiger partial charge is 0.381 e. The van der Waals surface area contributed by atoms with E-state index in [0.717, 1.165) is 45.4 Å². The molecule has 2 rings (SSSR count). The van der Waals surface area contributed by atoms with Crippen molar-refractivity contribution < 1.29 is 9.53 Å². The van der Waals surface area contributed by atoms with Gasteiger partial charge in [0.15, 0.2) is 0 Å². The van der Waals surface area contributed by atoms with Crippen molar-refractivity contribution >= 4 is 5.91 Å². The maximum atomic E-state index is 11.8. The first-order valence-corrected chi connectivity index (χ1v) is 6.71. The van der Waals surface area contributed by atoms with Gasteiger partial charge < -0.3 is 15.4 Å². The summed E-state index contributed by atoms with van der Waals surface area (Å²) < 4.78 is 5.37. The van der Waals surface area contributed by atoms with Crippen LogP contribution in [0.25, 0.3) is 0 Å². The fraction of sp³-hybridized carbons (Fsp3) is 0.923. The summed E-state index contributed by atoms with van der Waals surface area (Å²) >= 11 is 0. The van der Waals surface area contributed by atoms with Crippen LogP contribution in [-0.2, 0) is 9.53 Å². The highest BCUT2D eigenvalue weighted by atomic mass is 16.5. The molecule has 17 heavy (non-hydrogen) atoms. The zero-order chi connectivity index (χ0) is 12.3. The van der Waals surface area contributed by atoms with Gasteiger partial charge in [-0.2, -0.15) is 0 Å². The molecular formula is C13H24N2O2. The average molecular weight is 240 g/mol. The zero-order valence-electron chi connectivity index (χ0n) is 10.9. The molecule has 0 aromatic rings. The minimum Gasteiger partial charge on any atom is -0.381 e. The van der Waals surface area contributed by atoms with E-state index in [4.69, 9.17) is 4.74 Å². The maximum absolute atomic E-state index is 11.8. The lowest BCUT2D eigenvalue weighted by molar-refractivity contribution is -0.123. The number of rotatable bonds is 5. The van der Waals surface area contributed by atoms with E-state index >= 15 is 0 Å². The summed E-state index contributed by atoms with van der Waals surface area (Å²) in [5.41, 5.74) is 0.284. The first-order valence-electron chi connectivity index (χ1n) is 6.71. The van der Waals surface area contributed by atoms with Gasteiger partial charge in [-0.1, -0.05) is 6.92 Å². The number of amides is 1. The molecule has 1 atom stereocenters. The van der Waals surface area contributed by atoms with E-state index in [1.807, 2.05) is 6.92 Å². The van der Waals surface area contributed by atoms with Crippen molar-refractivity contribution in [3.63, 3.8) is 0 Å². The van der Waals surface area contributed by atoms with Crippen LogP contribution in [0.1, 0.15) is 39.5 Å². The maximum Gasteiger partial charge on any atom is 0.237 e. The summed E-state index contributed by atoms with van der Waals surface area (Å²) in [6, 6.07) is 0.362. The van der Waals surface area contributed by atoms with Crippen molar-refractivity contribution in [1.29, 1.82) is 0 Å².